The second-order valence-corrected chi connectivity index (χ2v) is 4.97. The summed E-state index contributed by atoms with van der Waals surface area (Å²) in [6.45, 7) is 1.72. The molecule has 0 rings (SSSR count). The zero-order chi connectivity index (χ0) is 13.9. The SMILES string of the molecule is C[N+](C)(C)CCO.NCCCC[C@H](N)C(=O)O. The van der Waals surface area contributed by atoms with E-state index in [2.05, 4.69) is 21.1 Å². The highest BCUT2D eigenvalue weighted by molar-refractivity contribution is 5.72. The minimum atomic E-state index is -0.933. The van der Waals surface area contributed by atoms with Gasteiger partial charge in [-0.05, 0) is 19.4 Å². The van der Waals surface area contributed by atoms with E-state index in [0.29, 0.717) is 13.0 Å². The molecule has 6 heteroatoms. The van der Waals surface area contributed by atoms with Gasteiger partial charge in [-0.2, -0.15) is 0 Å². The molecule has 0 unspecified atom stereocenters. The summed E-state index contributed by atoms with van der Waals surface area (Å²) in [7, 11) is 6.16. The van der Waals surface area contributed by atoms with E-state index in [1.165, 1.54) is 0 Å². The summed E-state index contributed by atoms with van der Waals surface area (Å²) in [5.74, 6) is -0.933. The molecule has 6 N–H and O–H groups in total. The molecule has 0 saturated heterocycles. The van der Waals surface area contributed by atoms with E-state index in [0.717, 1.165) is 23.9 Å². The molecule has 0 aromatic rings. The molecule has 0 fully saturated rings. The smallest absolute Gasteiger partial charge is 0.320 e. The standard InChI is InChI=1S/C6H14N2O2.C5H14NO/c7-4-2-1-3-5(8)6(9)10;1-6(2,3)4-5-7/h5H,1-4,7-8H2,(H,9,10);7H,4-5H2,1-3H3/q;+1/t5-;/m0./s1. The summed E-state index contributed by atoms with van der Waals surface area (Å²) >= 11 is 0. The number of rotatable bonds is 7. The zero-order valence-electron chi connectivity index (χ0n) is 11.2. The number of quaternary nitrogens is 1. The number of nitrogens with two attached hydrogens (primary N) is 2. The maximum absolute atomic E-state index is 10.1. The minimum absolute atomic E-state index is 0.281. The van der Waals surface area contributed by atoms with Crippen molar-refractivity contribution in [3.8, 4) is 0 Å². The molecule has 0 aromatic carbocycles. The van der Waals surface area contributed by atoms with Crippen LogP contribution in [-0.4, -0.2) is 67.5 Å². The molecule has 0 saturated carbocycles. The maximum atomic E-state index is 10.1. The second-order valence-electron chi connectivity index (χ2n) is 4.97. The number of aliphatic hydroxyl groups is 1. The van der Waals surface area contributed by atoms with Crippen LogP contribution < -0.4 is 11.5 Å². The van der Waals surface area contributed by atoms with Crippen molar-refractivity contribution in [3.63, 3.8) is 0 Å². The van der Waals surface area contributed by atoms with Crippen molar-refractivity contribution in [1.29, 1.82) is 0 Å². The first kappa shape index (κ1) is 18.7. The van der Waals surface area contributed by atoms with Crippen molar-refractivity contribution in [2.24, 2.45) is 11.5 Å². The van der Waals surface area contributed by atoms with Gasteiger partial charge in [-0.3, -0.25) is 4.79 Å². The quantitative estimate of drug-likeness (QED) is 0.350. The van der Waals surface area contributed by atoms with E-state index in [9.17, 15) is 4.79 Å². The van der Waals surface area contributed by atoms with Crippen LogP contribution in [0.15, 0.2) is 0 Å². The number of aliphatic carboxylic acids is 1. The van der Waals surface area contributed by atoms with E-state index in [-0.39, 0.29) is 6.61 Å². The fraction of sp³-hybridized carbons (Fsp3) is 0.909. The molecule has 0 aliphatic rings. The van der Waals surface area contributed by atoms with Crippen molar-refractivity contribution < 1.29 is 19.5 Å². The Labute approximate surface area is 104 Å². The van der Waals surface area contributed by atoms with Crippen molar-refractivity contribution in [3.05, 3.63) is 0 Å². The van der Waals surface area contributed by atoms with Crippen molar-refractivity contribution in [1.82, 2.24) is 0 Å². The van der Waals surface area contributed by atoms with Crippen LogP contribution in [0.3, 0.4) is 0 Å². The third kappa shape index (κ3) is 17.9. The predicted molar refractivity (Wildman–Crippen MR) is 68.5 cm³/mol. The molecule has 0 aliphatic heterocycles. The van der Waals surface area contributed by atoms with Crippen LogP contribution in [0, 0.1) is 0 Å². The molecule has 0 amide bonds. The molecule has 0 spiro atoms. The van der Waals surface area contributed by atoms with Crippen molar-refractivity contribution in [2.75, 3.05) is 40.8 Å². The lowest BCUT2D eigenvalue weighted by Gasteiger charge is -2.21. The van der Waals surface area contributed by atoms with Crippen LogP contribution in [0.1, 0.15) is 19.3 Å². The number of carboxylic acids is 1. The Morgan fingerprint density at radius 2 is 1.82 bits per heavy atom. The summed E-state index contributed by atoms with van der Waals surface area (Å²) in [6.07, 6.45) is 2.16. The van der Waals surface area contributed by atoms with Gasteiger partial charge in [0.1, 0.15) is 12.6 Å². The van der Waals surface area contributed by atoms with Crippen LogP contribution in [0.25, 0.3) is 0 Å². The lowest BCUT2D eigenvalue weighted by Crippen LogP contribution is -2.36. The summed E-state index contributed by atoms with van der Waals surface area (Å²) < 4.78 is 0.844. The van der Waals surface area contributed by atoms with Gasteiger partial charge in [-0.1, -0.05) is 6.42 Å². The lowest BCUT2D eigenvalue weighted by atomic mass is 10.1. The fourth-order valence-corrected chi connectivity index (χ4v) is 0.932. The Bertz CT molecular complexity index is 193. The summed E-state index contributed by atoms with van der Waals surface area (Å²) in [6, 6.07) is -0.716. The minimum Gasteiger partial charge on any atom is -0.480 e. The third-order valence-corrected chi connectivity index (χ3v) is 2.06. The Balaban J connectivity index is 0. The third-order valence-electron chi connectivity index (χ3n) is 2.06. The number of likely N-dealkylation sites (N-methyl/N-ethyl adjacent to an activating group) is 1. The van der Waals surface area contributed by atoms with E-state index in [1.54, 1.807) is 0 Å². The van der Waals surface area contributed by atoms with E-state index >= 15 is 0 Å². The molecular weight excluding hydrogens is 222 g/mol. The van der Waals surface area contributed by atoms with Gasteiger partial charge in [-0.25, -0.2) is 0 Å². The molecule has 0 bridgehead atoms. The summed E-state index contributed by atoms with van der Waals surface area (Å²) in [5, 5.41) is 16.7. The van der Waals surface area contributed by atoms with Gasteiger partial charge in [0.05, 0.1) is 27.7 Å². The molecule has 104 valence electrons. The highest BCUT2D eigenvalue weighted by atomic mass is 16.4. The van der Waals surface area contributed by atoms with Crippen molar-refractivity contribution in [2.45, 2.75) is 25.3 Å². The average Bonchev–Trinajstić information content (AvgIpc) is 2.16. The first-order chi connectivity index (χ1) is 7.74. The summed E-state index contributed by atoms with van der Waals surface area (Å²) in [5.41, 5.74) is 10.4. The predicted octanol–water partition coefficient (Wildman–Crippen LogP) is -0.788. The number of nitrogens with zero attached hydrogens (tertiary/aromatic N) is 1. The van der Waals surface area contributed by atoms with Crippen LogP contribution in [0.5, 0.6) is 0 Å². The van der Waals surface area contributed by atoms with Gasteiger partial charge in [0.15, 0.2) is 0 Å². The topological polar surface area (TPSA) is 110 Å². The van der Waals surface area contributed by atoms with Gasteiger partial charge in [0, 0.05) is 0 Å². The fourth-order valence-electron chi connectivity index (χ4n) is 0.932. The average molecular weight is 250 g/mol. The van der Waals surface area contributed by atoms with Crippen LogP contribution in [-0.2, 0) is 4.79 Å². The number of aliphatic hydroxyl groups excluding tert-OH is 1. The molecule has 0 aliphatic carbocycles. The number of unbranched alkanes of at least 4 members (excludes halogenated alkanes) is 1. The highest BCUT2D eigenvalue weighted by Gasteiger charge is 2.09. The van der Waals surface area contributed by atoms with E-state index < -0.39 is 12.0 Å². The van der Waals surface area contributed by atoms with Crippen molar-refractivity contribution >= 4 is 5.97 Å². The molecule has 0 aromatic heterocycles. The number of hydrogen-bond donors (Lipinski definition) is 4. The molecule has 17 heavy (non-hydrogen) atoms. The number of carbonyl (C=O) groups is 1. The van der Waals surface area contributed by atoms with E-state index in [4.69, 9.17) is 21.7 Å². The first-order valence-corrected chi connectivity index (χ1v) is 5.84. The maximum Gasteiger partial charge on any atom is 0.320 e. The zero-order valence-corrected chi connectivity index (χ0v) is 11.2. The molecule has 0 radical (unpaired) electrons. The molecule has 6 nitrogen and oxygen atoms in total. The largest absolute Gasteiger partial charge is 0.480 e. The Morgan fingerprint density at radius 3 is 2.06 bits per heavy atom. The van der Waals surface area contributed by atoms with Crippen LogP contribution in [0.2, 0.25) is 0 Å². The van der Waals surface area contributed by atoms with Gasteiger partial charge in [-0.15, -0.1) is 0 Å². The second kappa shape index (κ2) is 10.5. The molecular formula is C11H28N3O3+. The Hall–Kier alpha value is -0.690. The van der Waals surface area contributed by atoms with Crippen LogP contribution >= 0.6 is 0 Å². The van der Waals surface area contributed by atoms with Gasteiger partial charge in [0.25, 0.3) is 0 Å². The monoisotopic (exact) mass is 250 g/mol. The lowest BCUT2D eigenvalue weighted by molar-refractivity contribution is -0.870. The normalized spacial score (nSPS) is 12.6. The Kier molecular flexibility index (Phi) is 11.5. The van der Waals surface area contributed by atoms with Gasteiger partial charge < -0.3 is 26.2 Å². The number of carboxylic acid groups (broad SMARTS) is 1. The van der Waals surface area contributed by atoms with Gasteiger partial charge >= 0.3 is 5.97 Å². The molecule has 1 atom stereocenters. The van der Waals surface area contributed by atoms with Crippen LogP contribution in [0.4, 0.5) is 0 Å². The highest BCUT2D eigenvalue weighted by Crippen LogP contribution is 1.96. The van der Waals surface area contributed by atoms with Gasteiger partial charge in [0.2, 0.25) is 0 Å². The Morgan fingerprint density at radius 1 is 1.29 bits per heavy atom. The first-order valence-electron chi connectivity index (χ1n) is 5.84. The van der Waals surface area contributed by atoms with E-state index in [1.807, 2.05) is 0 Å². The summed E-state index contributed by atoms with van der Waals surface area (Å²) in [4.78, 5) is 10.1. The molecule has 0 heterocycles. The number of hydrogen-bond acceptors (Lipinski definition) is 4.